The minimum atomic E-state index is -0.761. The number of carbonyl (C=O) groups is 3. The molecule has 386 valence electrons. The van der Waals surface area contributed by atoms with E-state index in [4.69, 9.17) is 14.2 Å². The Balaban J connectivity index is 4.22. The maximum Gasteiger partial charge on any atom is 0.306 e. The number of rotatable bonds is 54. The quantitative estimate of drug-likeness (QED) is 0.0344. The summed E-state index contributed by atoms with van der Waals surface area (Å²) in [7, 11) is 0. The van der Waals surface area contributed by atoms with Crippen LogP contribution in [-0.4, -0.2) is 37.2 Å². The van der Waals surface area contributed by atoms with Crippen molar-refractivity contribution in [1.29, 1.82) is 0 Å². The van der Waals surface area contributed by atoms with Crippen molar-refractivity contribution in [1.82, 2.24) is 0 Å². The number of unbranched alkanes of at least 4 members (excludes halogenated alkanes) is 41. The fourth-order valence-electron chi connectivity index (χ4n) is 9.10. The van der Waals surface area contributed by atoms with E-state index in [0.717, 1.165) is 63.7 Å². The van der Waals surface area contributed by atoms with Crippen LogP contribution in [0.2, 0.25) is 0 Å². The first kappa shape index (κ1) is 63.4. The van der Waals surface area contributed by atoms with Crippen molar-refractivity contribution in [2.75, 3.05) is 13.2 Å². The standard InChI is InChI=1S/C59H114O6/c1-5-7-9-11-13-15-17-18-19-20-21-26-29-32-36-40-44-48-52-59(62)65-56(53-63-57(60)50-46-42-38-34-16-14-12-10-8-6-2)54-64-58(61)51-47-43-39-35-31-28-25-23-22-24-27-30-33-37-41-45-49-55(3)4/h55-56H,5-54H2,1-4H3/t56-/m1/s1. The fraction of sp³-hybridized carbons (Fsp3) is 0.949. The lowest BCUT2D eigenvalue weighted by Gasteiger charge is -2.18. The van der Waals surface area contributed by atoms with Crippen molar-refractivity contribution >= 4 is 17.9 Å². The Bertz CT molecular complexity index is 980. The zero-order valence-electron chi connectivity index (χ0n) is 44.5. The topological polar surface area (TPSA) is 78.9 Å². The fourth-order valence-corrected chi connectivity index (χ4v) is 9.10. The van der Waals surface area contributed by atoms with E-state index < -0.39 is 6.10 Å². The number of hydrogen-bond acceptors (Lipinski definition) is 6. The molecule has 65 heavy (non-hydrogen) atoms. The van der Waals surface area contributed by atoms with Crippen molar-refractivity contribution in [3.05, 3.63) is 0 Å². The third-order valence-corrected chi connectivity index (χ3v) is 13.5. The largest absolute Gasteiger partial charge is 0.462 e. The van der Waals surface area contributed by atoms with Crippen LogP contribution in [0.4, 0.5) is 0 Å². The molecule has 0 aromatic carbocycles. The van der Waals surface area contributed by atoms with Crippen molar-refractivity contribution in [3.8, 4) is 0 Å². The lowest BCUT2D eigenvalue weighted by molar-refractivity contribution is -0.167. The van der Waals surface area contributed by atoms with E-state index in [1.165, 1.54) is 231 Å². The van der Waals surface area contributed by atoms with E-state index in [1.807, 2.05) is 0 Å². The molecule has 0 saturated heterocycles. The van der Waals surface area contributed by atoms with Crippen LogP contribution < -0.4 is 0 Å². The van der Waals surface area contributed by atoms with Gasteiger partial charge in [-0.2, -0.15) is 0 Å². The molecule has 0 aliphatic heterocycles. The van der Waals surface area contributed by atoms with Crippen LogP contribution in [0, 0.1) is 5.92 Å². The Labute approximate surface area is 406 Å². The van der Waals surface area contributed by atoms with E-state index in [1.54, 1.807) is 0 Å². The summed E-state index contributed by atoms with van der Waals surface area (Å²) in [4.78, 5) is 38.1. The number of hydrogen-bond donors (Lipinski definition) is 0. The number of esters is 3. The summed E-state index contributed by atoms with van der Waals surface area (Å²) in [6, 6.07) is 0. The third kappa shape index (κ3) is 53.2. The Morgan fingerprint density at radius 3 is 0.754 bits per heavy atom. The molecule has 0 spiro atoms. The van der Waals surface area contributed by atoms with Crippen molar-refractivity contribution in [2.45, 2.75) is 342 Å². The highest BCUT2D eigenvalue weighted by Crippen LogP contribution is 2.18. The van der Waals surface area contributed by atoms with Gasteiger partial charge in [-0.15, -0.1) is 0 Å². The maximum absolute atomic E-state index is 12.8. The Morgan fingerprint density at radius 1 is 0.292 bits per heavy atom. The second-order valence-electron chi connectivity index (χ2n) is 20.8. The van der Waals surface area contributed by atoms with Crippen molar-refractivity contribution < 1.29 is 28.6 Å². The van der Waals surface area contributed by atoms with Crippen LogP contribution in [-0.2, 0) is 28.6 Å². The summed E-state index contributed by atoms with van der Waals surface area (Å²) in [5, 5.41) is 0. The Hall–Kier alpha value is -1.59. The molecule has 0 rings (SSSR count). The van der Waals surface area contributed by atoms with Crippen LogP contribution in [0.1, 0.15) is 336 Å². The van der Waals surface area contributed by atoms with Crippen molar-refractivity contribution in [2.24, 2.45) is 5.92 Å². The smallest absolute Gasteiger partial charge is 0.306 e. The molecule has 0 unspecified atom stereocenters. The van der Waals surface area contributed by atoms with Crippen molar-refractivity contribution in [3.63, 3.8) is 0 Å². The van der Waals surface area contributed by atoms with Gasteiger partial charge in [0, 0.05) is 19.3 Å². The molecule has 6 heteroatoms. The van der Waals surface area contributed by atoms with Gasteiger partial charge in [-0.1, -0.05) is 297 Å². The highest BCUT2D eigenvalue weighted by molar-refractivity contribution is 5.71. The minimum Gasteiger partial charge on any atom is -0.462 e. The van der Waals surface area contributed by atoms with Gasteiger partial charge in [0.05, 0.1) is 0 Å². The predicted molar refractivity (Wildman–Crippen MR) is 280 cm³/mol. The molecule has 0 fully saturated rings. The first-order valence-electron chi connectivity index (χ1n) is 29.4. The Morgan fingerprint density at radius 2 is 0.508 bits per heavy atom. The average Bonchev–Trinajstić information content (AvgIpc) is 3.29. The highest BCUT2D eigenvalue weighted by atomic mass is 16.6. The second kappa shape index (κ2) is 53.4. The lowest BCUT2D eigenvalue weighted by Crippen LogP contribution is -2.30. The van der Waals surface area contributed by atoms with Gasteiger partial charge in [0.2, 0.25) is 0 Å². The van der Waals surface area contributed by atoms with E-state index >= 15 is 0 Å². The van der Waals surface area contributed by atoms with Gasteiger partial charge in [0.15, 0.2) is 6.10 Å². The van der Waals surface area contributed by atoms with Crippen LogP contribution in [0.25, 0.3) is 0 Å². The van der Waals surface area contributed by atoms with Gasteiger partial charge in [-0.05, 0) is 25.2 Å². The third-order valence-electron chi connectivity index (χ3n) is 13.5. The average molecular weight is 920 g/mol. The van der Waals surface area contributed by atoms with E-state index in [9.17, 15) is 14.4 Å². The molecule has 6 nitrogen and oxygen atoms in total. The number of carbonyl (C=O) groups excluding carboxylic acids is 3. The zero-order chi connectivity index (χ0) is 47.4. The molecule has 0 heterocycles. The first-order valence-corrected chi connectivity index (χ1v) is 29.4. The van der Waals surface area contributed by atoms with E-state index in [2.05, 4.69) is 27.7 Å². The normalized spacial score (nSPS) is 12.0. The van der Waals surface area contributed by atoms with Gasteiger partial charge in [-0.3, -0.25) is 14.4 Å². The number of ether oxygens (including phenoxy) is 3. The molecule has 0 bridgehead atoms. The molecule has 1 atom stereocenters. The van der Waals surface area contributed by atoms with Gasteiger partial charge in [-0.25, -0.2) is 0 Å². The molecule has 0 aliphatic carbocycles. The molecular weight excluding hydrogens is 805 g/mol. The first-order chi connectivity index (χ1) is 31.9. The summed E-state index contributed by atoms with van der Waals surface area (Å²) in [5.74, 6) is 0.0167. The molecule has 0 aliphatic rings. The SMILES string of the molecule is CCCCCCCCCCCCCCCCCCCCC(=O)O[C@H](COC(=O)CCCCCCCCCCCC)COC(=O)CCCCCCCCCCCCCCCCCCC(C)C. The minimum absolute atomic E-state index is 0.0618. The molecule has 0 amide bonds. The monoisotopic (exact) mass is 919 g/mol. The van der Waals surface area contributed by atoms with E-state index in [-0.39, 0.29) is 31.1 Å². The van der Waals surface area contributed by atoms with Gasteiger partial charge < -0.3 is 14.2 Å². The van der Waals surface area contributed by atoms with Gasteiger partial charge in [0.25, 0.3) is 0 Å². The Kier molecular flexibility index (Phi) is 52.1. The van der Waals surface area contributed by atoms with Crippen LogP contribution in [0.3, 0.4) is 0 Å². The van der Waals surface area contributed by atoms with Gasteiger partial charge >= 0.3 is 17.9 Å². The van der Waals surface area contributed by atoms with Crippen LogP contribution in [0.5, 0.6) is 0 Å². The lowest BCUT2D eigenvalue weighted by atomic mass is 10.0. The summed E-state index contributed by atoms with van der Waals surface area (Å²) in [6.45, 7) is 9.06. The van der Waals surface area contributed by atoms with Gasteiger partial charge in [0.1, 0.15) is 13.2 Å². The molecule has 0 saturated carbocycles. The summed E-state index contributed by atoms with van der Waals surface area (Å²) < 4.78 is 16.9. The molecule has 0 aromatic rings. The maximum atomic E-state index is 12.8. The molecule has 0 N–H and O–H groups in total. The summed E-state index contributed by atoms with van der Waals surface area (Å²) >= 11 is 0. The molecule has 0 radical (unpaired) electrons. The molecular formula is C59H114O6. The van der Waals surface area contributed by atoms with Crippen LogP contribution >= 0.6 is 0 Å². The highest BCUT2D eigenvalue weighted by Gasteiger charge is 2.19. The molecule has 0 aromatic heterocycles. The summed E-state index contributed by atoms with van der Waals surface area (Å²) in [6.07, 6.45) is 58.1. The van der Waals surface area contributed by atoms with Crippen LogP contribution in [0.15, 0.2) is 0 Å². The predicted octanol–water partition coefficient (Wildman–Crippen LogP) is 19.4. The zero-order valence-corrected chi connectivity index (χ0v) is 44.5. The summed E-state index contributed by atoms with van der Waals surface area (Å²) in [5.41, 5.74) is 0. The van der Waals surface area contributed by atoms with E-state index in [0.29, 0.717) is 19.3 Å². The second-order valence-corrected chi connectivity index (χ2v) is 20.8.